The van der Waals surface area contributed by atoms with Crippen molar-refractivity contribution in [2.75, 3.05) is 24.3 Å². The molecule has 0 spiro atoms. The van der Waals surface area contributed by atoms with Crippen molar-refractivity contribution >= 4 is 21.6 Å². The van der Waals surface area contributed by atoms with Gasteiger partial charge in [0.1, 0.15) is 6.61 Å². The number of fused-ring (bicyclic) bond motifs is 3. The van der Waals surface area contributed by atoms with Gasteiger partial charge in [-0.3, -0.25) is 5.32 Å². The minimum atomic E-state index is -3.55. The Hall–Kier alpha value is -3.16. The van der Waals surface area contributed by atoms with E-state index in [1.807, 2.05) is 24.3 Å². The van der Waals surface area contributed by atoms with Crippen LogP contribution in [-0.2, 0) is 14.6 Å². The van der Waals surface area contributed by atoms with Crippen molar-refractivity contribution in [3.63, 3.8) is 0 Å². The van der Waals surface area contributed by atoms with Crippen LogP contribution in [0.1, 0.15) is 22.6 Å². The summed E-state index contributed by atoms with van der Waals surface area (Å²) in [5.74, 6) is -0.378. The van der Waals surface area contributed by atoms with Gasteiger partial charge >= 0.3 is 6.09 Å². The second-order valence-electron chi connectivity index (χ2n) is 7.47. The normalized spacial score (nSPS) is 12.8. The molecular formula is C24H23NO5S. The van der Waals surface area contributed by atoms with Crippen LogP contribution in [0.4, 0.5) is 10.5 Å². The number of rotatable bonds is 6. The maximum Gasteiger partial charge on any atom is 0.411 e. The molecule has 0 unspecified atom stereocenters. The molecule has 1 aliphatic rings. The van der Waals surface area contributed by atoms with Crippen molar-refractivity contribution in [2.45, 2.75) is 17.7 Å². The molecular weight excluding hydrogens is 414 g/mol. The van der Waals surface area contributed by atoms with Crippen LogP contribution < -0.4 is 5.32 Å². The third-order valence-corrected chi connectivity index (χ3v) is 7.19. The van der Waals surface area contributed by atoms with Crippen molar-refractivity contribution < 1.29 is 23.1 Å². The van der Waals surface area contributed by atoms with E-state index >= 15 is 0 Å². The Bertz CT molecular complexity index is 1190. The maximum atomic E-state index is 12.4. The van der Waals surface area contributed by atoms with E-state index in [0.717, 1.165) is 22.3 Å². The fraction of sp³-hybridized carbons (Fsp3) is 0.208. The number of aliphatic hydroxyl groups is 1. The number of amides is 1. The number of hydrogen-bond donors (Lipinski definition) is 2. The number of carbonyl (C=O) groups excluding carboxylic acids is 1. The van der Waals surface area contributed by atoms with E-state index in [4.69, 9.17) is 9.84 Å². The zero-order chi connectivity index (χ0) is 22.0. The molecule has 0 aliphatic heterocycles. The molecule has 0 aromatic heterocycles. The van der Waals surface area contributed by atoms with Crippen LogP contribution in [-0.4, -0.2) is 38.6 Å². The number of aliphatic hydroxyl groups excluding tert-OH is 1. The van der Waals surface area contributed by atoms with Gasteiger partial charge in [0.25, 0.3) is 0 Å². The molecule has 0 atom stereocenters. The summed E-state index contributed by atoms with van der Waals surface area (Å²) in [5.41, 5.74) is 5.63. The van der Waals surface area contributed by atoms with Crippen molar-refractivity contribution in [3.05, 3.63) is 83.4 Å². The summed E-state index contributed by atoms with van der Waals surface area (Å²) in [4.78, 5) is 12.6. The summed E-state index contributed by atoms with van der Waals surface area (Å²) in [6.07, 6.45) is -0.601. The number of carbonyl (C=O) groups is 1. The number of nitrogens with one attached hydrogen (secondary N) is 1. The van der Waals surface area contributed by atoms with Gasteiger partial charge in [-0.25, -0.2) is 13.2 Å². The molecule has 0 radical (unpaired) electrons. The van der Waals surface area contributed by atoms with Gasteiger partial charge in [0, 0.05) is 11.6 Å². The van der Waals surface area contributed by atoms with E-state index in [1.165, 1.54) is 18.2 Å². The molecule has 1 aliphatic carbocycles. The molecule has 0 fully saturated rings. The number of benzene rings is 3. The topological polar surface area (TPSA) is 92.7 Å². The van der Waals surface area contributed by atoms with Gasteiger partial charge in [-0.05, 0) is 52.9 Å². The van der Waals surface area contributed by atoms with Crippen LogP contribution in [0.15, 0.2) is 71.6 Å². The van der Waals surface area contributed by atoms with E-state index in [9.17, 15) is 13.2 Å². The first kappa shape index (κ1) is 21.1. The smallest absolute Gasteiger partial charge is 0.411 e. The van der Waals surface area contributed by atoms with E-state index in [1.54, 1.807) is 6.92 Å². The molecule has 0 bridgehead atoms. The minimum Gasteiger partial charge on any atom is -0.448 e. The summed E-state index contributed by atoms with van der Waals surface area (Å²) < 4.78 is 29.7. The fourth-order valence-electron chi connectivity index (χ4n) is 3.95. The molecule has 3 aromatic rings. The Morgan fingerprint density at radius 3 is 2.19 bits per heavy atom. The Labute approximate surface area is 181 Å². The molecule has 7 heteroatoms. The minimum absolute atomic E-state index is 0.0368. The number of sulfone groups is 1. The molecule has 0 saturated carbocycles. The highest BCUT2D eigenvalue weighted by molar-refractivity contribution is 7.91. The zero-order valence-electron chi connectivity index (χ0n) is 17.0. The van der Waals surface area contributed by atoms with Gasteiger partial charge in [0.2, 0.25) is 0 Å². The highest BCUT2D eigenvalue weighted by atomic mass is 32.2. The predicted octanol–water partition coefficient (Wildman–Crippen LogP) is 4.12. The van der Waals surface area contributed by atoms with Crippen LogP contribution in [0.5, 0.6) is 0 Å². The maximum absolute atomic E-state index is 12.4. The van der Waals surface area contributed by atoms with E-state index < -0.39 is 22.5 Å². The molecule has 1 amide bonds. The number of anilines is 1. The molecule has 2 N–H and O–H groups in total. The van der Waals surface area contributed by atoms with Gasteiger partial charge in [-0.2, -0.15) is 0 Å². The Morgan fingerprint density at radius 1 is 1.00 bits per heavy atom. The van der Waals surface area contributed by atoms with Gasteiger partial charge in [0.15, 0.2) is 9.84 Å². The lowest BCUT2D eigenvalue weighted by atomic mass is 9.98. The first-order chi connectivity index (χ1) is 14.9. The quantitative estimate of drug-likeness (QED) is 0.605. The Kier molecular flexibility index (Phi) is 5.80. The molecule has 6 nitrogen and oxygen atoms in total. The molecule has 160 valence electrons. The van der Waals surface area contributed by atoms with E-state index in [-0.39, 0.29) is 23.2 Å². The largest absolute Gasteiger partial charge is 0.448 e. The first-order valence-electron chi connectivity index (χ1n) is 9.97. The van der Waals surface area contributed by atoms with E-state index in [0.29, 0.717) is 11.3 Å². The third-order valence-electron chi connectivity index (χ3n) is 5.50. The average molecular weight is 438 g/mol. The van der Waals surface area contributed by atoms with Crippen molar-refractivity contribution in [3.8, 4) is 11.1 Å². The Morgan fingerprint density at radius 2 is 1.61 bits per heavy atom. The average Bonchev–Trinajstić information content (AvgIpc) is 3.07. The highest BCUT2D eigenvalue weighted by Gasteiger charge is 2.29. The van der Waals surface area contributed by atoms with E-state index in [2.05, 4.69) is 29.6 Å². The summed E-state index contributed by atoms with van der Waals surface area (Å²) in [6, 6.07) is 20.6. The van der Waals surface area contributed by atoms with Crippen molar-refractivity contribution in [1.82, 2.24) is 0 Å². The van der Waals surface area contributed by atoms with Crippen molar-refractivity contribution in [1.29, 1.82) is 0 Å². The number of aryl methyl sites for hydroxylation is 1. The van der Waals surface area contributed by atoms with Gasteiger partial charge in [-0.15, -0.1) is 0 Å². The SMILES string of the molecule is Cc1cc(S(=O)(=O)CCO)ccc1NC(=O)OCC1c2ccccc2-c2ccccc21. The number of hydrogen-bond acceptors (Lipinski definition) is 5. The van der Waals surface area contributed by atoms with Crippen LogP contribution in [0.25, 0.3) is 11.1 Å². The van der Waals surface area contributed by atoms with Gasteiger partial charge in [-0.1, -0.05) is 48.5 Å². The lowest BCUT2D eigenvalue weighted by Crippen LogP contribution is -2.18. The summed E-state index contributed by atoms with van der Waals surface area (Å²) in [7, 11) is -3.55. The second-order valence-corrected chi connectivity index (χ2v) is 9.58. The standard InChI is InChI=1S/C24H23NO5S/c1-16-14-17(31(28,29)13-12-26)10-11-23(16)25-24(27)30-15-22-20-8-4-2-6-18(20)19-7-3-5-9-21(19)22/h2-11,14,22,26H,12-13,15H2,1H3,(H,25,27). The second kappa shape index (κ2) is 8.53. The highest BCUT2D eigenvalue weighted by Crippen LogP contribution is 2.44. The molecule has 31 heavy (non-hydrogen) atoms. The van der Waals surface area contributed by atoms with Crippen LogP contribution in [0.2, 0.25) is 0 Å². The zero-order valence-corrected chi connectivity index (χ0v) is 17.9. The van der Waals surface area contributed by atoms with Gasteiger partial charge < -0.3 is 9.84 Å². The fourth-order valence-corrected chi connectivity index (χ4v) is 5.06. The lowest BCUT2D eigenvalue weighted by Gasteiger charge is -2.15. The molecule has 0 saturated heterocycles. The number of ether oxygens (including phenoxy) is 1. The molecule has 0 heterocycles. The predicted molar refractivity (Wildman–Crippen MR) is 119 cm³/mol. The monoisotopic (exact) mass is 437 g/mol. The lowest BCUT2D eigenvalue weighted by molar-refractivity contribution is 0.158. The molecule has 4 rings (SSSR count). The van der Waals surface area contributed by atoms with Crippen molar-refractivity contribution in [2.24, 2.45) is 0 Å². The summed E-state index contributed by atoms with van der Waals surface area (Å²) in [5, 5.41) is 11.6. The third kappa shape index (κ3) is 4.19. The van der Waals surface area contributed by atoms with Crippen LogP contribution >= 0.6 is 0 Å². The summed E-state index contributed by atoms with van der Waals surface area (Å²) in [6.45, 7) is 1.46. The van der Waals surface area contributed by atoms with Crippen LogP contribution in [0.3, 0.4) is 0 Å². The van der Waals surface area contributed by atoms with Gasteiger partial charge in [0.05, 0.1) is 17.3 Å². The molecule has 3 aromatic carbocycles. The Balaban J connectivity index is 1.46. The van der Waals surface area contributed by atoms with Crippen LogP contribution in [0, 0.1) is 6.92 Å². The summed E-state index contributed by atoms with van der Waals surface area (Å²) >= 11 is 0. The first-order valence-corrected chi connectivity index (χ1v) is 11.6.